The minimum Gasteiger partial charge on any atom is -0.346 e. The van der Waals surface area contributed by atoms with Gasteiger partial charge in [0.2, 0.25) is 29.4 Å². The zero-order valence-corrected chi connectivity index (χ0v) is 31.3. The molecule has 4 rings (SSSR count). The van der Waals surface area contributed by atoms with Crippen molar-refractivity contribution in [1.82, 2.24) is 36.0 Å². The SMILES string of the molecule is C=CCNC(=O)C(=O)[C@@H]1CCCCCCCCC[C@H](NC(=O)N[C@H](CN2C(=O)CN(C)CC2=O)C(C)(C)C)C(=O)N2C[C@H]3[C@@H]([C@H]2C(=O)N1)C3(C)C. The number of piperazine rings is 1. The number of imide groups is 1. The third kappa shape index (κ3) is 9.75. The quantitative estimate of drug-likeness (QED) is 0.167. The summed E-state index contributed by atoms with van der Waals surface area (Å²) in [5.41, 5.74) is -0.730. The third-order valence-electron chi connectivity index (χ3n) is 11.2. The Labute approximate surface area is 302 Å². The molecule has 3 aliphatic heterocycles. The van der Waals surface area contributed by atoms with Crippen LogP contribution in [0.25, 0.3) is 0 Å². The van der Waals surface area contributed by atoms with E-state index in [-0.39, 0.29) is 61.2 Å². The van der Waals surface area contributed by atoms with Crippen LogP contribution in [0.1, 0.15) is 92.4 Å². The van der Waals surface area contributed by atoms with Gasteiger partial charge in [0, 0.05) is 19.6 Å². The van der Waals surface area contributed by atoms with E-state index < -0.39 is 53.2 Å². The summed E-state index contributed by atoms with van der Waals surface area (Å²) < 4.78 is 0. The lowest BCUT2D eigenvalue weighted by Crippen LogP contribution is -2.62. The van der Waals surface area contributed by atoms with Gasteiger partial charge in [-0.15, -0.1) is 6.58 Å². The molecule has 51 heavy (non-hydrogen) atoms. The Kier molecular flexibility index (Phi) is 13.1. The monoisotopic (exact) mass is 713 g/mol. The predicted octanol–water partition coefficient (Wildman–Crippen LogP) is 1.73. The van der Waals surface area contributed by atoms with Crippen LogP contribution >= 0.6 is 0 Å². The number of rotatable bonds is 8. The molecule has 3 saturated heterocycles. The number of hydrogen-bond donors (Lipinski definition) is 4. The molecule has 14 heteroatoms. The van der Waals surface area contributed by atoms with Crippen molar-refractivity contribution in [2.45, 2.75) is 117 Å². The van der Waals surface area contributed by atoms with E-state index in [4.69, 9.17) is 0 Å². The number of piperidine rings is 1. The Morgan fingerprint density at radius 1 is 0.961 bits per heavy atom. The highest BCUT2D eigenvalue weighted by atomic mass is 16.2. The second kappa shape index (κ2) is 16.7. The van der Waals surface area contributed by atoms with Crippen LogP contribution in [0.15, 0.2) is 12.7 Å². The van der Waals surface area contributed by atoms with Gasteiger partial charge in [-0.1, -0.05) is 85.6 Å². The van der Waals surface area contributed by atoms with E-state index >= 15 is 0 Å². The van der Waals surface area contributed by atoms with Crippen molar-refractivity contribution in [1.29, 1.82) is 0 Å². The summed E-state index contributed by atoms with van der Waals surface area (Å²) in [7, 11) is 1.70. The number of fused-ring (bicyclic) bond motifs is 3. The number of nitrogens with zero attached hydrogens (tertiary/aromatic N) is 3. The molecule has 4 fully saturated rings. The van der Waals surface area contributed by atoms with Crippen molar-refractivity contribution in [2.75, 3.05) is 39.8 Å². The van der Waals surface area contributed by atoms with Gasteiger partial charge >= 0.3 is 6.03 Å². The van der Waals surface area contributed by atoms with Crippen molar-refractivity contribution >= 4 is 41.4 Å². The van der Waals surface area contributed by atoms with Crippen LogP contribution in [-0.2, 0) is 28.8 Å². The van der Waals surface area contributed by atoms with Gasteiger partial charge in [-0.2, -0.15) is 0 Å². The molecule has 0 radical (unpaired) electrons. The molecule has 0 bridgehead atoms. The molecule has 0 aromatic carbocycles. The molecule has 14 nitrogen and oxygen atoms in total. The Bertz CT molecular complexity index is 1360. The van der Waals surface area contributed by atoms with Gasteiger partial charge < -0.3 is 26.2 Å². The molecule has 4 N–H and O–H groups in total. The highest BCUT2D eigenvalue weighted by Crippen LogP contribution is 2.65. The number of carbonyl (C=O) groups is 7. The first kappa shape index (κ1) is 40.0. The van der Waals surface area contributed by atoms with Crippen LogP contribution in [0.5, 0.6) is 0 Å². The van der Waals surface area contributed by atoms with Gasteiger partial charge in [0.1, 0.15) is 12.1 Å². The summed E-state index contributed by atoms with van der Waals surface area (Å²) in [5, 5.41) is 11.2. The average Bonchev–Trinajstić information content (AvgIpc) is 3.35. The predicted molar refractivity (Wildman–Crippen MR) is 191 cm³/mol. The minimum atomic E-state index is -1.03. The second-order valence-corrected chi connectivity index (χ2v) is 16.5. The standard InChI is InChI=1S/C37H59N7O7/c1-8-18-38-33(49)31(47)24-16-14-12-10-9-11-13-15-17-25(34(50)44-19-23-29(37(23,5)6)30(44)32(48)39-24)40-35(51)41-26(36(2,3)4)20-43-27(45)21-42(7)22-28(43)46/h8,23-26,29-30H,1,9-22H2,2-7H3,(H,38,49)(H,39,48)(H2,40,41,51)/t23-,24-,25-,26+,29-,30-/m0/s1. The number of likely N-dealkylation sites (N-methyl/N-ethyl adjacent to an activating group) is 1. The first-order valence-electron chi connectivity index (χ1n) is 18.6. The molecule has 0 spiro atoms. The molecule has 0 aromatic rings. The molecule has 1 aliphatic carbocycles. The summed E-state index contributed by atoms with van der Waals surface area (Å²) in [6.45, 7) is 14.1. The molecule has 7 amide bonds. The van der Waals surface area contributed by atoms with E-state index in [9.17, 15) is 33.6 Å². The number of carbonyl (C=O) groups excluding carboxylic acids is 7. The van der Waals surface area contributed by atoms with Crippen LogP contribution in [0.3, 0.4) is 0 Å². The normalized spacial score (nSPS) is 28.5. The Hall–Kier alpha value is -3.81. The first-order chi connectivity index (χ1) is 24.0. The smallest absolute Gasteiger partial charge is 0.315 e. The Morgan fingerprint density at radius 3 is 2.14 bits per heavy atom. The number of ketones is 1. The van der Waals surface area contributed by atoms with Crippen LogP contribution in [0.2, 0.25) is 0 Å². The van der Waals surface area contributed by atoms with Crippen molar-refractivity contribution in [3.8, 4) is 0 Å². The van der Waals surface area contributed by atoms with Crippen LogP contribution in [0.4, 0.5) is 4.79 Å². The summed E-state index contributed by atoms with van der Waals surface area (Å²) >= 11 is 0. The molecule has 0 unspecified atom stereocenters. The largest absolute Gasteiger partial charge is 0.346 e. The number of nitrogens with one attached hydrogen (secondary N) is 4. The maximum absolute atomic E-state index is 14.4. The van der Waals surface area contributed by atoms with Gasteiger partial charge in [-0.05, 0) is 42.6 Å². The molecular weight excluding hydrogens is 654 g/mol. The fourth-order valence-electron chi connectivity index (χ4n) is 7.90. The van der Waals surface area contributed by atoms with Gasteiger partial charge in [-0.25, -0.2) is 4.79 Å². The maximum atomic E-state index is 14.4. The highest BCUT2D eigenvalue weighted by molar-refractivity contribution is 6.38. The maximum Gasteiger partial charge on any atom is 0.315 e. The molecule has 3 heterocycles. The fourth-order valence-corrected chi connectivity index (χ4v) is 7.90. The van der Waals surface area contributed by atoms with Crippen LogP contribution in [-0.4, -0.2) is 120 Å². The number of Topliss-reactive ketones (excluding diaryl/α,β-unsaturated/α-hetero) is 1. The van der Waals surface area contributed by atoms with E-state index in [1.165, 1.54) is 11.0 Å². The van der Waals surface area contributed by atoms with Crippen LogP contribution < -0.4 is 21.3 Å². The highest BCUT2D eigenvalue weighted by Gasteiger charge is 2.69. The molecule has 6 atom stereocenters. The van der Waals surface area contributed by atoms with Crippen molar-refractivity contribution < 1.29 is 33.6 Å². The Morgan fingerprint density at radius 2 is 1.55 bits per heavy atom. The van der Waals surface area contributed by atoms with Crippen LogP contribution in [0, 0.1) is 22.7 Å². The lowest BCUT2D eigenvalue weighted by Gasteiger charge is -2.38. The summed E-state index contributed by atoms with van der Waals surface area (Å²) in [5.74, 6) is -3.09. The van der Waals surface area contributed by atoms with E-state index in [1.807, 2.05) is 20.8 Å². The molecule has 0 aromatic heterocycles. The lowest BCUT2D eigenvalue weighted by molar-refractivity contribution is -0.151. The molecule has 284 valence electrons. The summed E-state index contributed by atoms with van der Waals surface area (Å²) in [6, 6.07) is -4.02. The van der Waals surface area contributed by atoms with Crippen molar-refractivity contribution in [2.24, 2.45) is 22.7 Å². The zero-order valence-electron chi connectivity index (χ0n) is 31.3. The fraction of sp³-hybridized carbons (Fsp3) is 0.757. The molecule has 4 aliphatic rings. The second-order valence-electron chi connectivity index (χ2n) is 16.5. The van der Waals surface area contributed by atoms with Crippen molar-refractivity contribution in [3.05, 3.63) is 12.7 Å². The van der Waals surface area contributed by atoms with Crippen molar-refractivity contribution in [3.63, 3.8) is 0 Å². The first-order valence-corrected chi connectivity index (χ1v) is 18.6. The van der Waals surface area contributed by atoms with Gasteiger partial charge in [0.15, 0.2) is 0 Å². The average molecular weight is 714 g/mol. The minimum absolute atomic E-state index is 0.000643. The topological polar surface area (TPSA) is 177 Å². The number of urea groups is 1. The molecular formula is C37H59N7O7. The van der Waals surface area contributed by atoms with Gasteiger partial charge in [0.05, 0.1) is 25.2 Å². The third-order valence-corrected chi connectivity index (χ3v) is 11.2. The zero-order chi connectivity index (χ0) is 37.7. The van der Waals surface area contributed by atoms with Gasteiger partial charge in [0.25, 0.3) is 5.91 Å². The summed E-state index contributed by atoms with van der Waals surface area (Å²) in [6.07, 6.45) is 8.08. The lowest BCUT2D eigenvalue weighted by atomic mass is 9.86. The molecule has 1 saturated carbocycles. The van der Waals surface area contributed by atoms with E-state index in [0.717, 1.165) is 32.1 Å². The van der Waals surface area contributed by atoms with E-state index in [1.54, 1.807) is 16.8 Å². The number of hydrogen-bond acceptors (Lipinski definition) is 8. The van der Waals surface area contributed by atoms with E-state index in [2.05, 4.69) is 41.7 Å². The number of amides is 7. The van der Waals surface area contributed by atoms with Gasteiger partial charge in [-0.3, -0.25) is 38.6 Å². The van der Waals surface area contributed by atoms with E-state index in [0.29, 0.717) is 32.2 Å². The Balaban J connectivity index is 1.55. The summed E-state index contributed by atoms with van der Waals surface area (Å²) in [4.78, 5) is 97.9.